The summed E-state index contributed by atoms with van der Waals surface area (Å²) >= 11 is 0. The van der Waals surface area contributed by atoms with Crippen LogP contribution in [0.15, 0.2) is 18.2 Å². The molecule has 4 nitrogen and oxygen atoms in total. The summed E-state index contributed by atoms with van der Waals surface area (Å²) < 4.78 is 17.0. The van der Waals surface area contributed by atoms with Gasteiger partial charge < -0.3 is 19.9 Å². The van der Waals surface area contributed by atoms with E-state index >= 15 is 0 Å². The molecule has 0 radical (unpaired) electrons. The molecule has 1 aromatic carbocycles. The van der Waals surface area contributed by atoms with Gasteiger partial charge in [-0.2, -0.15) is 0 Å². The molecule has 2 N–H and O–H groups in total. The smallest absolute Gasteiger partial charge is 0.161 e. The van der Waals surface area contributed by atoms with Crippen molar-refractivity contribution in [1.29, 1.82) is 0 Å². The number of ether oxygens (including phenoxy) is 3. The van der Waals surface area contributed by atoms with E-state index in [9.17, 15) is 0 Å². The second-order valence-corrected chi connectivity index (χ2v) is 5.08. The molecule has 0 aliphatic heterocycles. The van der Waals surface area contributed by atoms with Gasteiger partial charge in [-0.15, -0.1) is 0 Å². The molecule has 120 valence electrons. The van der Waals surface area contributed by atoms with Crippen LogP contribution in [0.1, 0.15) is 51.6 Å². The van der Waals surface area contributed by atoms with E-state index in [0.29, 0.717) is 19.8 Å². The number of hydrogen-bond donors (Lipinski definition) is 1. The molecule has 0 aromatic heterocycles. The fourth-order valence-electron chi connectivity index (χ4n) is 1.86. The lowest BCUT2D eigenvalue weighted by Crippen LogP contribution is -2.17. The van der Waals surface area contributed by atoms with Crippen molar-refractivity contribution in [2.75, 3.05) is 26.4 Å². The van der Waals surface area contributed by atoms with Gasteiger partial charge in [0.25, 0.3) is 0 Å². The molecule has 4 heteroatoms. The standard InChI is InChI=1S/C17H29NO3/c1-4-9-19-13-15(18)14-7-8-16(20-10-5-2)17(12-14)21-11-6-3/h7-8,12,15H,4-6,9-11,13,18H2,1-3H3. The summed E-state index contributed by atoms with van der Waals surface area (Å²) in [5.74, 6) is 1.56. The van der Waals surface area contributed by atoms with E-state index < -0.39 is 0 Å². The topological polar surface area (TPSA) is 53.7 Å². The van der Waals surface area contributed by atoms with Gasteiger partial charge in [-0.3, -0.25) is 0 Å². The SMILES string of the molecule is CCCOCC(N)c1ccc(OCCC)c(OCCC)c1. The Morgan fingerprint density at radius 3 is 2.14 bits per heavy atom. The Morgan fingerprint density at radius 1 is 0.905 bits per heavy atom. The number of nitrogens with two attached hydrogens (primary N) is 1. The van der Waals surface area contributed by atoms with E-state index in [-0.39, 0.29) is 6.04 Å². The number of hydrogen-bond acceptors (Lipinski definition) is 4. The molecule has 0 bridgehead atoms. The van der Waals surface area contributed by atoms with Crippen molar-refractivity contribution in [3.8, 4) is 11.5 Å². The minimum absolute atomic E-state index is 0.138. The predicted molar refractivity (Wildman–Crippen MR) is 86.1 cm³/mol. The van der Waals surface area contributed by atoms with E-state index in [1.807, 2.05) is 18.2 Å². The van der Waals surface area contributed by atoms with Gasteiger partial charge in [0, 0.05) is 6.61 Å². The van der Waals surface area contributed by atoms with Gasteiger partial charge in [-0.1, -0.05) is 26.8 Å². The normalized spacial score (nSPS) is 12.2. The summed E-state index contributed by atoms with van der Waals surface area (Å²) in [5, 5.41) is 0. The van der Waals surface area contributed by atoms with E-state index in [4.69, 9.17) is 19.9 Å². The molecule has 1 aromatic rings. The third-order valence-electron chi connectivity index (χ3n) is 2.97. The van der Waals surface area contributed by atoms with Crippen molar-refractivity contribution in [3.05, 3.63) is 23.8 Å². The third-order valence-corrected chi connectivity index (χ3v) is 2.97. The molecule has 0 saturated heterocycles. The number of rotatable bonds is 11. The first kappa shape index (κ1) is 17.8. The maximum atomic E-state index is 6.16. The van der Waals surface area contributed by atoms with Crippen LogP contribution < -0.4 is 15.2 Å². The summed E-state index contributed by atoms with van der Waals surface area (Å²) in [6, 6.07) is 5.76. The van der Waals surface area contributed by atoms with Crippen LogP contribution in [-0.2, 0) is 4.74 Å². The summed E-state index contributed by atoms with van der Waals surface area (Å²) in [5.41, 5.74) is 7.18. The summed E-state index contributed by atoms with van der Waals surface area (Å²) in [7, 11) is 0. The molecule has 1 rings (SSSR count). The van der Waals surface area contributed by atoms with Crippen LogP contribution in [-0.4, -0.2) is 26.4 Å². The average Bonchev–Trinajstić information content (AvgIpc) is 2.51. The van der Waals surface area contributed by atoms with Crippen LogP contribution in [0.2, 0.25) is 0 Å². The van der Waals surface area contributed by atoms with Gasteiger partial charge in [0.15, 0.2) is 11.5 Å². The fourth-order valence-corrected chi connectivity index (χ4v) is 1.86. The maximum Gasteiger partial charge on any atom is 0.161 e. The Bertz CT molecular complexity index is 396. The molecule has 1 unspecified atom stereocenters. The van der Waals surface area contributed by atoms with Crippen LogP contribution in [0.5, 0.6) is 11.5 Å². The molecular weight excluding hydrogens is 266 g/mol. The first-order valence-electron chi connectivity index (χ1n) is 7.95. The van der Waals surface area contributed by atoms with Crippen LogP contribution in [0.25, 0.3) is 0 Å². The number of benzene rings is 1. The minimum Gasteiger partial charge on any atom is -0.490 e. The molecule has 1 atom stereocenters. The van der Waals surface area contributed by atoms with Gasteiger partial charge in [0.1, 0.15) is 0 Å². The Morgan fingerprint density at radius 2 is 1.52 bits per heavy atom. The van der Waals surface area contributed by atoms with Crippen molar-refractivity contribution in [2.45, 2.75) is 46.1 Å². The summed E-state index contributed by atoms with van der Waals surface area (Å²) in [6.45, 7) is 8.88. The summed E-state index contributed by atoms with van der Waals surface area (Å²) in [6.07, 6.45) is 2.93. The molecule has 0 heterocycles. The van der Waals surface area contributed by atoms with Gasteiger partial charge in [0.05, 0.1) is 25.9 Å². The van der Waals surface area contributed by atoms with Crippen LogP contribution in [0.4, 0.5) is 0 Å². The lowest BCUT2D eigenvalue weighted by molar-refractivity contribution is 0.121. The molecule has 0 amide bonds. The molecule has 0 aliphatic carbocycles. The highest BCUT2D eigenvalue weighted by Gasteiger charge is 2.12. The highest BCUT2D eigenvalue weighted by molar-refractivity contribution is 5.44. The highest BCUT2D eigenvalue weighted by Crippen LogP contribution is 2.30. The van der Waals surface area contributed by atoms with Crippen molar-refractivity contribution in [1.82, 2.24) is 0 Å². The molecule has 21 heavy (non-hydrogen) atoms. The lowest BCUT2D eigenvalue weighted by atomic mass is 10.1. The van der Waals surface area contributed by atoms with Crippen LogP contribution in [0, 0.1) is 0 Å². The molecule has 0 aliphatic rings. The van der Waals surface area contributed by atoms with E-state index in [1.165, 1.54) is 0 Å². The predicted octanol–water partition coefficient (Wildman–Crippen LogP) is 3.69. The quantitative estimate of drug-likeness (QED) is 0.633. The average molecular weight is 295 g/mol. The highest BCUT2D eigenvalue weighted by atomic mass is 16.5. The van der Waals surface area contributed by atoms with Crippen molar-refractivity contribution in [3.63, 3.8) is 0 Å². The van der Waals surface area contributed by atoms with E-state index in [2.05, 4.69) is 20.8 Å². The zero-order valence-electron chi connectivity index (χ0n) is 13.6. The lowest BCUT2D eigenvalue weighted by Gasteiger charge is -2.17. The summed E-state index contributed by atoms with van der Waals surface area (Å²) in [4.78, 5) is 0. The second kappa shape index (κ2) is 10.5. The van der Waals surface area contributed by atoms with Gasteiger partial charge in [-0.25, -0.2) is 0 Å². The third kappa shape index (κ3) is 6.36. The van der Waals surface area contributed by atoms with Crippen molar-refractivity contribution < 1.29 is 14.2 Å². The zero-order valence-corrected chi connectivity index (χ0v) is 13.6. The van der Waals surface area contributed by atoms with Crippen LogP contribution in [0.3, 0.4) is 0 Å². The molecule has 0 spiro atoms. The molecule has 0 saturated carbocycles. The van der Waals surface area contributed by atoms with Crippen molar-refractivity contribution in [2.24, 2.45) is 5.73 Å². The Hall–Kier alpha value is -1.26. The monoisotopic (exact) mass is 295 g/mol. The minimum atomic E-state index is -0.138. The maximum absolute atomic E-state index is 6.16. The Labute approximate surface area is 128 Å². The second-order valence-electron chi connectivity index (χ2n) is 5.08. The first-order valence-corrected chi connectivity index (χ1v) is 7.95. The fraction of sp³-hybridized carbons (Fsp3) is 0.647. The zero-order chi connectivity index (χ0) is 15.5. The van der Waals surface area contributed by atoms with E-state index in [1.54, 1.807) is 0 Å². The largest absolute Gasteiger partial charge is 0.490 e. The van der Waals surface area contributed by atoms with Gasteiger partial charge in [-0.05, 0) is 37.0 Å². The van der Waals surface area contributed by atoms with Crippen molar-refractivity contribution >= 4 is 0 Å². The Kier molecular flexibility index (Phi) is 8.87. The van der Waals surface area contributed by atoms with E-state index in [0.717, 1.165) is 42.9 Å². The van der Waals surface area contributed by atoms with Crippen LogP contribution >= 0.6 is 0 Å². The van der Waals surface area contributed by atoms with Gasteiger partial charge >= 0.3 is 0 Å². The Balaban J connectivity index is 2.76. The van der Waals surface area contributed by atoms with Gasteiger partial charge in [0.2, 0.25) is 0 Å². The molecular formula is C17H29NO3. The molecule has 0 fully saturated rings. The first-order chi connectivity index (χ1) is 10.2.